The van der Waals surface area contributed by atoms with E-state index in [0.29, 0.717) is 0 Å². The van der Waals surface area contributed by atoms with Crippen molar-refractivity contribution >= 4 is 17.8 Å². The van der Waals surface area contributed by atoms with Crippen LogP contribution in [0.2, 0.25) is 0 Å². The standard InChI is InChI=1S/C13H21NO6/c1-5-11(16)19-7-6-10(15)14-8-12(17)20-13(2,3)9-18-4/h5H,1,6-9H2,2-4H3,(H,14,15). The highest BCUT2D eigenvalue weighted by Crippen LogP contribution is 2.08. The molecule has 0 saturated heterocycles. The number of hydrogen-bond donors (Lipinski definition) is 1. The minimum Gasteiger partial charge on any atom is -0.462 e. The molecule has 0 heterocycles. The second kappa shape index (κ2) is 9.08. The zero-order valence-corrected chi connectivity index (χ0v) is 12.1. The van der Waals surface area contributed by atoms with Crippen molar-refractivity contribution < 1.29 is 28.6 Å². The maximum Gasteiger partial charge on any atom is 0.330 e. The Morgan fingerprint density at radius 1 is 1.30 bits per heavy atom. The van der Waals surface area contributed by atoms with Gasteiger partial charge >= 0.3 is 11.9 Å². The van der Waals surface area contributed by atoms with Crippen LogP contribution in [0.4, 0.5) is 0 Å². The highest BCUT2D eigenvalue weighted by Gasteiger charge is 2.22. The molecule has 0 atom stereocenters. The normalized spacial score (nSPS) is 10.6. The van der Waals surface area contributed by atoms with Crippen molar-refractivity contribution in [1.82, 2.24) is 5.32 Å². The lowest BCUT2D eigenvalue weighted by Crippen LogP contribution is -2.38. The zero-order chi connectivity index (χ0) is 15.6. The van der Waals surface area contributed by atoms with Gasteiger partial charge in [0.25, 0.3) is 0 Å². The van der Waals surface area contributed by atoms with Crippen LogP contribution in [0.25, 0.3) is 0 Å². The average Bonchev–Trinajstić information content (AvgIpc) is 2.35. The van der Waals surface area contributed by atoms with Crippen LogP contribution in [0.5, 0.6) is 0 Å². The summed E-state index contributed by atoms with van der Waals surface area (Å²) in [7, 11) is 1.50. The first-order valence-electron chi connectivity index (χ1n) is 6.07. The summed E-state index contributed by atoms with van der Waals surface area (Å²) >= 11 is 0. The topological polar surface area (TPSA) is 90.9 Å². The highest BCUT2D eigenvalue weighted by atomic mass is 16.6. The van der Waals surface area contributed by atoms with Crippen LogP contribution >= 0.6 is 0 Å². The fraction of sp³-hybridized carbons (Fsp3) is 0.615. The SMILES string of the molecule is C=CC(=O)OCCC(=O)NCC(=O)OC(C)(C)COC. The molecule has 0 fully saturated rings. The van der Waals surface area contributed by atoms with Crippen LogP contribution in [0, 0.1) is 0 Å². The average molecular weight is 287 g/mol. The number of rotatable bonds is 9. The number of methoxy groups -OCH3 is 1. The Morgan fingerprint density at radius 3 is 2.50 bits per heavy atom. The van der Waals surface area contributed by atoms with E-state index in [1.807, 2.05) is 0 Å². The summed E-state index contributed by atoms with van der Waals surface area (Å²) < 4.78 is 14.6. The van der Waals surface area contributed by atoms with Gasteiger partial charge in [-0.3, -0.25) is 9.59 Å². The number of carbonyl (C=O) groups is 3. The summed E-state index contributed by atoms with van der Waals surface area (Å²) in [5, 5.41) is 2.37. The molecule has 0 unspecified atom stereocenters. The van der Waals surface area contributed by atoms with E-state index in [0.717, 1.165) is 6.08 Å². The van der Waals surface area contributed by atoms with Gasteiger partial charge in [0.1, 0.15) is 18.8 Å². The fourth-order valence-electron chi connectivity index (χ4n) is 1.28. The Hall–Kier alpha value is -1.89. The van der Waals surface area contributed by atoms with Crippen molar-refractivity contribution in [3.63, 3.8) is 0 Å². The third-order valence-corrected chi connectivity index (χ3v) is 2.05. The third-order valence-electron chi connectivity index (χ3n) is 2.05. The molecule has 1 N–H and O–H groups in total. The molecule has 114 valence electrons. The van der Waals surface area contributed by atoms with Crippen LogP contribution in [-0.4, -0.2) is 50.3 Å². The minimum atomic E-state index is -0.754. The molecule has 0 aromatic carbocycles. The number of amides is 1. The first kappa shape index (κ1) is 18.1. The summed E-state index contributed by atoms with van der Waals surface area (Å²) in [6, 6.07) is 0. The van der Waals surface area contributed by atoms with E-state index in [1.165, 1.54) is 7.11 Å². The Kier molecular flexibility index (Phi) is 8.23. The number of ether oxygens (including phenoxy) is 3. The Bertz CT molecular complexity index is 364. The summed E-state index contributed by atoms with van der Waals surface area (Å²) in [5.74, 6) is -1.58. The third kappa shape index (κ3) is 9.09. The molecule has 20 heavy (non-hydrogen) atoms. The number of esters is 2. The Morgan fingerprint density at radius 2 is 1.95 bits per heavy atom. The molecule has 1 amide bonds. The fourth-order valence-corrected chi connectivity index (χ4v) is 1.28. The second-order valence-electron chi connectivity index (χ2n) is 4.57. The first-order chi connectivity index (χ1) is 9.30. The second-order valence-corrected chi connectivity index (χ2v) is 4.57. The van der Waals surface area contributed by atoms with Gasteiger partial charge in [0.15, 0.2) is 0 Å². The molecule has 0 bridgehead atoms. The van der Waals surface area contributed by atoms with Crippen LogP contribution in [0.15, 0.2) is 12.7 Å². The molecule has 0 spiro atoms. The molecule has 0 rings (SSSR count). The van der Waals surface area contributed by atoms with Crippen LogP contribution in [0.3, 0.4) is 0 Å². The quantitative estimate of drug-likeness (QED) is 0.481. The lowest BCUT2D eigenvalue weighted by Gasteiger charge is -2.24. The molecule has 7 nitrogen and oxygen atoms in total. The van der Waals surface area contributed by atoms with Gasteiger partial charge in [-0.25, -0.2) is 4.79 Å². The van der Waals surface area contributed by atoms with Gasteiger partial charge in [-0.05, 0) is 13.8 Å². The lowest BCUT2D eigenvalue weighted by atomic mass is 10.1. The summed E-state index contributed by atoms with van der Waals surface area (Å²) in [5.41, 5.74) is -0.754. The predicted octanol–water partition coefficient (Wildman–Crippen LogP) is 0.190. The van der Waals surface area contributed by atoms with Crippen molar-refractivity contribution in [1.29, 1.82) is 0 Å². The number of carbonyl (C=O) groups excluding carboxylic acids is 3. The smallest absolute Gasteiger partial charge is 0.330 e. The van der Waals surface area contributed by atoms with E-state index >= 15 is 0 Å². The molecular weight excluding hydrogens is 266 g/mol. The van der Waals surface area contributed by atoms with E-state index < -0.39 is 23.4 Å². The maximum atomic E-state index is 11.5. The summed E-state index contributed by atoms with van der Waals surface area (Å²) in [4.78, 5) is 33.5. The van der Waals surface area contributed by atoms with Crippen molar-refractivity contribution in [3.05, 3.63) is 12.7 Å². The highest BCUT2D eigenvalue weighted by molar-refractivity contribution is 5.83. The largest absolute Gasteiger partial charge is 0.462 e. The molecule has 0 aliphatic rings. The van der Waals surface area contributed by atoms with E-state index in [4.69, 9.17) is 9.47 Å². The van der Waals surface area contributed by atoms with E-state index in [1.54, 1.807) is 13.8 Å². The summed E-state index contributed by atoms with van der Waals surface area (Å²) in [6.07, 6.45) is 0.974. The van der Waals surface area contributed by atoms with Gasteiger partial charge in [0, 0.05) is 13.2 Å². The minimum absolute atomic E-state index is 0.0334. The van der Waals surface area contributed by atoms with Gasteiger partial charge in [-0.1, -0.05) is 6.58 Å². The van der Waals surface area contributed by atoms with Crippen molar-refractivity contribution in [3.8, 4) is 0 Å². The molecule has 7 heteroatoms. The summed E-state index contributed by atoms with van der Waals surface area (Å²) in [6.45, 7) is 6.56. The molecule has 0 aliphatic carbocycles. The first-order valence-corrected chi connectivity index (χ1v) is 6.07. The van der Waals surface area contributed by atoms with E-state index in [2.05, 4.69) is 16.6 Å². The van der Waals surface area contributed by atoms with Crippen LogP contribution < -0.4 is 5.32 Å². The zero-order valence-electron chi connectivity index (χ0n) is 12.1. The Balaban J connectivity index is 3.86. The van der Waals surface area contributed by atoms with Crippen molar-refractivity contribution in [2.75, 3.05) is 26.9 Å². The van der Waals surface area contributed by atoms with Gasteiger partial charge < -0.3 is 19.5 Å². The van der Waals surface area contributed by atoms with Gasteiger partial charge in [-0.15, -0.1) is 0 Å². The van der Waals surface area contributed by atoms with Crippen molar-refractivity contribution in [2.45, 2.75) is 25.9 Å². The number of hydrogen-bond acceptors (Lipinski definition) is 6. The predicted molar refractivity (Wildman–Crippen MR) is 70.8 cm³/mol. The van der Waals surface area contributed by atoms with Gasteiger partial charge in [-0.2, -0.15) is 0 Å². The van der Waals surface area contributed by atoms with E-state index in [-0.39, 0.29) is 26.2 Å². The Labute approximate surface area is 118 Å². The molecule has 0 saturated carbocycles. The van der Waals surface area contributed by atoms with Crippen LogP contribution in [-0.2, 0) is 28.6 Å². The molecular formula is C13H21NO6. The van der Waals surface area contributed by atoms with Gasteiger partial charge in [0.2, 0.25) is 5.91 Å². The molecule has 0 aromatic rings. The van der Waals surface area contributed by atoms with E-state index in [9.17, 15) is 14.4 Å². The maximum absolute atomic E-state index is 11.5. The molecule has 0 radical (unpaired) electrons. The molecule has 0 aromatic heterocycles. The lowest BCUT2D eigenvalue weighted by molar-refractivity contribution is -0.160. The van der Waals surface area contributed by atoms with Crippen molar-refractivity contribution in [2.24, 2.45) is 0 Å². The van der Waals surface area contributed by atoms with Gasteiger partial charge in [0.05, 0.1) is 13.0 Å². The monoisotopic (exact) mass is 287 g/mol. The molecule has 0 aliphatic heterocycles. The number of nitrogens with one attached hydrogen (secondary N) is 1. The van der Waals surface area contributed by atoms with Crippen LogP contribution in [0.1, 0.15) is 20.3 Å².